The second-order valence-electron chi connectivity index (χ2n) is 2.93. The van der Waals surface area contributed by atoms with E-state index in [4.69, 9.17) is 14.0 Å². The molecule has 0 aliphatic rings. The monoisotopic (exact) mass is 284 g/mol. The number of rotatable bonds is 3. The molecule has 16 heavy (non-hydrogen) atoms. The molecule has 0 amide bonds. The lowest BCUT2D eigenvalue weighted by molar-refractivity contribution is 0.396. The molecule has 6 heteroatoms. The summed E-state index contributed by atoms with van der Waals surface area (Å²) < 4.78 is 15.8. The van der Waals surface area contributed by atoms with E-state index in [1.54, 1.807) is 32.4 Å². The number of benzene rings is 1. The third-order valence-corrected chi connectivity index (χ3v) is 2.36. The van der Waals surface area contributed by atoms with Crippen molar-refractivity contribution in [2.45, 2.75) is 0 Å². The van der Waals surface area contributed by atoms with E-state index in [9.17, 15) is 0 Å². The first-order chi connectivity index (χ1) is 7.74. The molecule has 0 aliphatic heterocycles. The lowest BCUT2D eigenvalue weighted by Crippen LogP contribution is -1.90. The Labute approximate surface area is 100 Å². The molecule has 0 unspecified atom stereocenters. The van der Waals surface area contributed by atoms with E-state index in [0.29, 0.717) is 27.7 Å². The summed E-state index contributed by atoms with van der Waals surface area (Å²) in [5, 5.41) is 3.66. The van der Waals surface area contributed by atoms with Crippen molar-refractivity contribution in [1.29, 1.82) is 0 Å². The molecule has 1 heterocycles. The van der Waals surface area contributed by atoms with E-state index in [-0.39, 0.29) is 0 Å². The van der Waals surface area contributed by atoms with Crippen LogP contribution in [-0.2, 0) is 0 Å². The zero-order valence-corrected chi connectivity index (χ0v) is 10.3. The molecule has 0 saturated carbocycles. The minimum atomic E-state index is 0.377. The molecular weight excluding hydrogens is 276 g/mol. The van der Waals surface area contributed by atoms with Crippen LogP contribution in [-0.4, -0.2) is 24.4 Å². The van der Waals surface area contributed by atoms with Crippen LogP contribution in [0.1, 0.15) is 0 Å². The van der Waals surface area contributed by atoms with Crippen molar-refractivity contribution in [1.82, 2.24) is 10.1 Å². The summed E-state index contributed by atoms with van der Waals surface area (Å²) in [6.07, 6.45) is 0. The SMILES string of the molecule is COc1ccc(OC)c(-c2nc(Br)no2)c1. The largest absolute Gasteiger partial charge is 0.497 e. The Bertz CT molecular complexity index is 499. The molecular formula is C10H9BrN2O3. The van der Waals surface area contributed by atoms with E-state index >= 15 is 0 Å². The highest BCUT2D eigenvalue weighted by molar-refractivity contribution is 9.10. The van der Waals surface area contributed by atoms with Crippen LogP contribution in [0.4, 0.5) is 0 Å². The van der Waals surface area contributed by atoms with E-state index in [0.717, 1.165) is 0 Å². The van der Waals surface area contributed by atoms with Gasteiger partial charge in [-0.3, -0.25) is 0 Å². The van der Waals surface area contributed by atoms with Crippen LogP contribution in [0.2, 0.25) is 0 Å². The number of aromatic nitrogens is 2. The van der Waals surface area contributed by atoms with Gasteiger partial charge in [-0.15, -0.1) is 0 Å². The maximum absolute atomic E-state index is 5.21. The highest BCUT2D eigenvalue weighted by atomic mass is 79.9. The van der Waals surface area contributed by atoms with Gasteiger partial charge in [-0.2, -0.15) is 4.98 Å². The summed E-state index contributed by atoms with van der Waals surface area (Å²) in [7, 11) is 3.17. The van der Waals surface area contributed by atoms with Gasteiger partial charge < -0.3 is 14.0 Å². The maximum atomic E-state index is 5.21. The Hall–Kier alpha value is -1.56. The Morgan fingerprint density at radius 1 is 1.25 bits per heavy atom. The zero-order valence-electron chi connectivity index (χ0n) is 8.73. The van der Waals surface area contributed by atoms with Crippen LogP contribution in [0.5, 0.6) is 11.5 Å². The summed E-state index contributed by atoms with van der Waals surface area (Å²) in [5.74, 6) is 1.73. The van der Waals surface area contributed by atoms with Gasteiger partial charge in [0.15, 0.2) is 0 Å². The Kier molecular flexibility index (Phi) is 3.09. The summed E-state index contributed by atoms with van der Waals surface area (Å²) in [5.41, 5.74) is 0.694. The summed E-state index contributed by atoms with van der Waals surface area (Å²) in [4.78, 5) is 4.07. The molecule has 0 aliphatic carbocycles. The molecule has 1 aromatic heterocycles. The number of ether oxygens (including phenoxy) is 2. The molecule has 0 atom stereocenters. The maximum Gasteiger partial charge on any atom is 0.262 e. The molecule has 0 saturated heterocycles. The number of methoxy groups -OCH3 is 2. The van der Waals surface area contributed by atoms with Crippen LogP contribution < -0.4 is 9.47 Å². The van der Waals surface area contributed by atoms with Crippen molar-refractivity contribution < 1.29 is 14.0 Å². The lowest BCUT2D eigenvalue weighted by Gasteiger charge is -2.06. The fourth-order valence-electron chi connectivity index (χ4n) is 1.30. The van der Waals surface area contributed by atoms with Gasteiger partial charge >= 0.3 is 0 Å². The topological polar surface area (TPSA) is 57.4 Å². The second-order valence-corrected chi connectivity index (χ2v) is 3.64. The van der Waals surface area contributed by atoms with Gasteiger partial charge in [0.1, 0.15) is 11.5 Å². The van der Waals surface area contributed by atoms with Crippen molar-refractivity contribution in [3.63, 3.8) is 0 Å². The fourth-order valence-corrected chi connectivity index (χ4v) is 1.53. The first-order valence-corrected chi connectivity index (χ1v) is 5.25. The highest BCUT2D eigenvalue weighted by Crippen LogP contribution is 2.32. The average Bonchev–Trinajstić information content (AvgIpc) is 2.75. The van der Waals surface area contributed by atoms with Crippen molar-refractivity contribution in [3.8, 4) is 23.0 Å². The third kappa shape index (κ3) is 2.01. The minimum Gasteiger partial charge on any atom is -0.497 e. The molecule has 1 aromatic carbocycles. The molecule has 2 aromatic rings. The predicted octanol–water partition coefficient (Wildman–Crippen LogP) is 2.52. The van der Waals surface area contributed by atoms with Gasteiger partial charge in [0.25, 0.3) is 5.89 Å². The third-order valence-electron chi connectivity index (χ3n) is 2.04. The van der Waals surface area contributed by atoms with Crippen molar-refractivity contribution in [3.05, 3.63) is 22.9 Å². The van der Waals surface area contributed by atoms with E-state index in [2.05, 4.69) is 26.1 Å². The zero-order chi connectivity index (χ0) is 11.5. The second kappa shape index (κ2) is 4.52. The predicted molar refractivity (Wildman–Crippen MR) is 60.5 cm³/mol. The molecule has 5 nitrogen and oxygen atoms in total. The number of halogens is 1. The van der Waals surface area contributed by atoms with Crippen LogP contribution in [0.25, 0.3) is 11.5 Å². The molecule has 0 bridgehead atoms. The molecule has 84 valence electrons. The summed E-state index contributed by atoms with van der Waals surface area (Å²) >= 11 is 3.12. The number of hydrogen-bond acceptors (Lipinski definition) is 5. The van der Waals surface area contributed by atoms with Crippen LogP contribution >= 0.6 is 15.9 Å². The van der Waals surface area contributed by atoms with E-state index in [1.165, 1.54) is 0 Å². The number of nitrogens with zero attached hydrogens (tertiary/aromatic N) is 2. The normalized spacial score (nSPS) is 10.2. The lowest BCUT2D eigenvalue weighted by atomic mass is 10.2. The van der Waals surface area contributed by atoms with Gasteiger partial charge in [0, 0.05) is 0 Å². The Balaban J connectivity index is 2.52. The van der Waals surface area contributed by atoms with E-state index in [1.807, 2.05) is 0 Å². The Morgan fingerprint density at radius 2 is 2.06 bits per heavy atom. The number of hydrogen-bond donors (Lipinski definition) is 0. The van der Waals surface area contributed by atoms with Gasteiger partial charge in [-0.05, 0) is 39.3 Å². The molecule has 0 N–H and O–H groups in total. The van der Waals surface area contributed by atoms with Crippen LogP contribution in [0.3, 0.4) is 0 Å². The van der Waals surface area contributed by atoms with Gasteiger partial charge in [-0.25, -0.2) is 0 Å². The summed E-state index contributed by atoms with van der Waals surface area (Å²) in [6, 6.07) is 5.36. The fraction of sp³-hybridized carbons (Fsp3) is 0.200. The van der Waals surface area contributed by atoms with Crippen LogP contribution in [0, 0.1) is 0 Å². The standard InChI is InChI=1S/C10H9BrN2O3/c1-14-6-3-4-8(15-2)7(5-6)9-12-10(11)13-16-9/h3-5H,1-2H3. The molecule has 2 rings (SSSR count). The van der Waals surface area contributed by atoms with Crippen molar-refractivity contribution in [2.24, 2.45) is 0 Å². The first-order valence-electron chi connectivity index (χ1n) is 4.46. The van der Waals surface area contributed by atoms with Crippen molar-refractivity contribution in [2.75, 3.05) is 14.2 Å². The quantitative estimate of drug-likeness (QED) is 0.867. The Morgan fingerprint density at radius 3 is 2.62 bits per heavy atom. The first kappa shape index (κ1) is 10.9. The van der Waals surface area contributed by atoms with Gasteiger partial charge in [0.2, 0.25) is 4.73 Å². The van der Waals surface area contributed by atoms with E-state index < -0.39 is 0 Å². The molecule has 0 spiro atoms. The van der Waals surface area contributed by atoms with Gasteiger partial charge in [0.05, 0.1) is 19.8 Å². The summed E-state index contributed by atoms with van der Waals surface area (Å²) in [6.45, 7) is 0. The van der Waals surface area contributed by atoms with Crippen LogP contribution in [0.15, 0.2) is 27.5 Å². The molecule has 0 fully saturated rings. The minimum absolute atomic E-state index is 0.377. The smallest absolute Gasteiger partial charge is 0.262 e. The highest BCUT2D eigenvalue weighted by Gasteiger charge is 2.13. The van der Waals surface area contributed by atoms with Gasteiger partial charge in [-0.1, -0.05) is 0 Å². The average molecular weight is 285 g/mol. The van der Waals surface area contributed by atoms with Crippen molar-refractivity contribution >= 4 is 15.9 Å². The molecule has 0 radical (unpaired) electrons.